The monoisotopic (exact) mass is 495 g/mol. The van der Waals surface area contributed by atoms with Crippen LogP contribution in [0.5, 0.6) is 5.75 Å². The number of hydrogen-bond acceptors (Lipinski definition) is 6. The molecule has 1 unspecified atom stereocenters. The number of methoxy groups -OCH3 is 1. The molecule has 8 nitrogen and oxygen atoms in total. The Hall–Kier alpha value is -3.30. The molecule has 3 heterocycles. The third-order valence-electron chi connectivity index (χ3n) is 5.77. The van der Waals surface area contributed by atoms with Gasteiger partial charge < -0.3 is 10.1 Å². The average Bonchev–Trinajstić information content (AvgIpc) is 3.45. The molecule has 1 amide bonds. The number of aromatic nitrogens is 4. The van der Waals surface area contributed by atoms with E-state index >= 15 is 0 Å². The summed E-state index contributed by atoms with van der Waals surface area (Å²) in [6.45, 7) is 0.492. The minimum atomic E-state index is -0.255. The molecular weight excluding hydrogens is 474 g/mol. The van der Waals surface area contributed by atoms with Gasteiger partial charge in [-0.15, -0.1) is 0 Å². The molecule has 1 aliphatic heterocycles. The van der Waals surface area contributed by atoms with Crippen LogP contribution in [-0.2, 0) is 11.2 Å². The number of amides is 1. The van der Waals surface area contributed by atoms with Crippen molar-refractivity contribution in [2.24, 2.45) is 0 Å². The molecule has 0 radical (unpaired) electrons. The zero-order valence-corrected chi connectivity index (χ0v) is 20.0. The van der Waals surface area contributed by atoms with Gasteiger partial charge >= 0.3 is 0 Å². The number of benzene rings is 2. The summed E-state index contributed by atoms with van der Waals surface area (Å²) in [5.74, 6) is 1.32. The van der Waals surface area contributed by atoms with Crippen molar-refractivity contribution in [2.45, 2.75) is 24.0 Å². The van der Waals surface area contributed by atoms with E-state index in [1.54, 1.807) is 28.5 Å². The van der Waals surface area contributed by atoms with Gasteiger partial charge in [-0.1, -0.05) is 41.6 Å². The number of rotatable bonds is 7. The Morgan fingerprint density at radius 3 is 2.82 bits per heavy atom. The molecule has 0 fully saturated rings. The Labute approximate surface area is 204 Å². The number of halogens is 1. The number of thioether (sulfide) groups is 1. The highest BCUT2D eigenvalue weighted by molar-refractivity contribution is 7.99. The first-order valence-electron chi connectivity index (χ1n) is 10.8. The zero-order valence-electron chi connectivity index (χ0n) is 18.4. The van der Waals surface area contributed by atoms with Gasteiger partial charge in [0.15, 0.2) is 10.8 Å². The summed E-state index contributed by atoms with van der Waals surface area (Å²) in [5.41, 5.74) is 2.11. The van der Waals surface area contributed by atoms with Crippen LogP contribution < -0.4 is 15.6 Å². The first kappa shape index (κ1) is 22.5. The van der Waals surface area contributed by atoms with E-state index in [9.17, 15) is 9.59 Å². The van der Waals surface area contributed by atoms with Gasteiger partial charge in [-0.05, 0) is 42.3 Å². The largest absolute Gasteiger partial charge is 0.496 e. The summed E-state index contributed by atoms with van der Waals surface area (Å²) in [6.07, 6.45) is 2.40. The lowest BCUT2D eigenvalue weighted by atomic mass is 10.1. The predicted molar refractivity (Wildman–Crippen MR) is 132 cm³/mol. The molecule has 5 rings (SSSR count). The van der Waals surface area contributed by atoms with Crippen LogP contribution in [-0.4, -0.2) is 44.6 Å². The van der Waals surface area contributed by atoms with Crippen LogP contribution in [0.15, 0.2) is 64.7 Å². The molecule has 1 atom stereocenters. The molecule has 0 bridgehead atoms. The van der Waals surface area contributed by atoms with Crippen LogP contribution in [0.4, 0.5) is 0 Å². The number of hydrogen-bond donors (Lipinski definition) is 1. The molecular formula is C24H22ClN5O3S. The Morgan fingerprint density at radius 1 is 1.24 bits per heavy atom. The highest BCUT2D eigenvalue weighted by Gasteiger charge is 2.29. The van der Waals surface area contributed by atoms with E-state index in [2.05, 4.69) is 10.4 Å². The molecule has 2 aromatic heterocycles. The van der Waals surface area contributed by atoms with Crippen molar-refractivity contribution in [3.8, 4) is 11.4 Å². The van der Waals surface area contributed by atoms with Crippen LogP contribution in [0, 0.1) is 0 Å². The third kappa shape index (κ3) is 4.28. The Bertz CT molecular complexity index is 1420. The van der Waals surface area contributed by atoms with Crippen molar-refractivity contribution in [1.82, 2.24) is 24.6 Å². The van der Waals surface area contributed by atoms with Gasteiger partial charge in [0.25, 0.3) is 5.56 Å². The second kappa shape index (κ2) is 9.52. The third-order valence-corrected chi connectivity index (χ3v) is 7.12. The van der Waals surface area contributed by atoms with Crippen LogP contribution in [0.3, 0.4) is 0 Å². The van der Waals surface area contributed by atoms with E-state index in [1.807, 2.05) is 36.4 Å². The fourth-order valence-electron chi connectivity index (χ4n) is 4.08. The molecule has 0 saturated heterocycles. The molecule has 34 heavy (non-hydrogen) atoms. The minimum Gasteiger partial charge on any atom is -0.496 e. The Kier molecular flexibility index (Phi) is 6.30. The minimum absolute atomic E-state index is 0.0998. The van der Waals surface area contributed by atoms with Crippen LogP contribution in [0.2, 0.25) is 5.02 Å². The Morgan fingerprint density at radius 2 is 2.03 bits per heavy atom. The second-order valence-corrected chi connectivity index (χ2v) is 9.34. The number of carbonyl (C=O) groups excluding carboxylic acids is 1. The predicted octanol–water partition coefficient (Wildman–Crippen LogP) is 3.64. The van der Waals surface area contributed by atoms with Gasteiger partial charge in [0.2, 0.25) is 5.91 Å². The fraction of sp³-hybridized carbons (Fsp3) is 0.250. The maximum absolute atomic E-state index is 13.3. The topological polar surface area (TPSA) is 91.0 Å². The summed E-state index contributed by atoms with van der Waals surface area (Å²) >= 11 is 7.46. The molecule has 1 N–H and O–H groups in total. The number of para-hydroxylation sites is 1. The standard InChI is InChI=1S/C24H22ClN5O3S/c1-33-20-5-3-2-4-15(20)10-11-26-21(31)12-18-14-34-24-28-22-19(23(32)29(18)24)13-27-30(22)17-8-6-16(25)7-9-17/h2-9,13,18H,10-12,14H2,1H3,(H,26,31). The number of nitrogens with zero attached hydrogens (tertiary/aromatic N) is 4. The van der Waals surface area contributed by atoms with Crippen molar-refractivity contribution in [3.63, 3.8) is 0 Å². The van der Waals surface area contributed by atoms with E-state index in [1.165, 1.54) is 18.0 Å². The van der Waals surface area contributed by atoms with Gasteiger partial charge in [-0.2, -0.15) is 5.10 Å². The van der Waals surface area contributed by atoms with Crippen molar-refractivity contribution in [2.75, 3.05) is 19.4 Å². The smallest absolute Gasteiger partial charge is 0.265 e. The normalized spacial score (nSPS) is 14.8. The number of carbonyl (C=O) groups is 1. The summed E-state index contributed by atoms with van der Waals surface area (Å²) in [6, 6.07) is 14.7. The molecule has 4 aromatic rings. The second-order valence-electron chi connectivity index (χ2n) is 7.92. The lowest BCUT2D eigenvalue weighted by Gasteiger charge is -2.14. The van der Waals surface area contributed by atoms with E-state index in [0.717, 1.165) is 17.0 Å². The summed E-state index contributed by atoms with van der Waals surface area (Å²) in [4.78, 5) is 30.6. The first-order valence-corrected chi connectivity index (χ1v) is 12.2. The van der Waals surface area contributed by atoms with E-state index in [0.29, 0.717) is 39.9 Å². The number of ether oxygens (including phenoxy) is 1. The number of nitrogens with one attached hydrogen (secondary N) is 1. The van der Waals surface area contributed by atoms with Crippen LogP contribution >= 0.6 is 23.4 Å². The maximum Gasteiger partial charge on any atom is 0.265 e. The van der Waals surface area contributed by atoms with Crippen molar-refractivity contribution in [1.29, 1.82) is 0 Å². The van der Waals surface area contributed by atoms with Crippen molar-refractivity contribution in [3.05, 3.63) is 75.7 Å². The lowest BCUT2D eigenvalue weighted by molar-refractivity contribution is -0.121. The quantitative estimate of drug-likeness (QED) is 0.394. The van der Waals surface area contributed by atoms with E-state index < -0.39 is 0 Å². The van der Waals surface area contributed by atoms with E-state index in [4.69, 9.17) is 21.3 Å². The van der Waals surface area contributed by atoms with Crippen LogP contribution in [0.1, 0.15) is 18.0 Å². The fourth-order valence-corrected chi connectivity index (χ4v) is 5.34. The summed E-state index contributed by atoms with van der Waals surface area (Å²) in [7, 11) is 1.63. The van der Waals surface area contributed by atoms with Crippen molar-refractivity contribution < 1.29 is 9.53 Å². The van der Waals surface area contributed by atoms with Crippen LogP contribution in [0.25, 0.3) is 16.7 Å². The molecule has 1 aliphatic rings. The maximum atomic E-state index is 13.3. The summed E-state index contributed by atoms with van der Waals surface area (Å²) in [5, 5.41) is 8.96. The van der Waals surface area contributed by atoms with Crippen molar-refractivity contribution >= 4 is 40.3 Å². The Balaban J connectivity index is 1.31. The molecule has 0 spiro atoms. The average molecular weight is 496 g/mol. The van der Waals surface area contributed by atoms with Gasteiger partial charge in [0.05, 0.1) is 25.0 Å². The highest BCUT2D eigenvalue weighted by Crippen LogP contribution is 2.33. The summed E-state index contributed by atoms with van der Waals surface area (Å²) < 4.78 is 8.62. The number of fused-ring (bicyclic) bond motifs is 2. The molecule has 0 saturated carbocycles. The molecule has 0 aliphatic carbocycles. The molecule has 10 heteroatoms. The zero-order chi connectivity index (χ0) is 23.7. The SMILES string of the molecule is COc1ccccc1CCNC(=O)CC1CSc2nc3c(cnn3-c3ccc(Cl)cc3)c(=O)n21. The molecule has 174 valence electrons. The van der Waals surface area contributed by atoms with Gasteiger partial charge in [-0.25, -0.2) is 9.67 Å². The highest BCUT2D eigenvalue weighted by atomic mass is 35.5. The lowest BCUT2D eigenvalue weighted by Crippen LogP contribution is -2.31. The van der Waals surface area contributed by atoms with E-state index in [-0.39, 0.29) is 23.9 Å². The first-order chi connectivity index (χ1) is 16.5. The van der Waals surface area contributed by atoms with Gasteiger partial charge in [-0.3, -0.25) is 14.2 Å². The van der Waals surface area contributed by atoms with Gasteiger partial charge in [0.1, 0.15) is 11.1 Å². The van der Waals surface area contributed by atoms with Gasteiger partial charge in [0, 0.05) is 23.7 Å². The molecule has 2 aromatic carbocycles.